The fraction of sp³-hybridized carbons (Fsp3) is 0.227. The monoisotopic (exact) mass is 401 g/mol. The van der Waals surface area contributed by atoms with Crippen LogP contribution in [0.4, 0.5) is 24.5 Å². The number of pyridine rings is 1. The molecule has 3 aromatic rings. The summed E-state index contributed by atoms with van der Waals surface area (Å²) in [4.78, 5) is 14.7. The van der Waals surface area contributed by atoms with Crippen molar-refractivity contribution in [2.24, 2.45) is 0 Å². The summed E-state index contributed by atoms with van der Waals surface area (Å²) in [5.74, 6) is 0. The van der Waals surface area contributed by atoms with Crippen LogP contribution in [0.5, 0.6) is 0 Å². The van der Waals surface area contributed by atoms with E-state index in [1.807, 2.05) is 50.2 Å². The third-order valence-electron chi connectivity index (χ3n) is 4.78. The van der Waals surface area contributed by atoms with Crippen LogP contribution in [0.25, 0.3) is 11.3 Å². The van der Waals surface area contributed by atoms with Crippen LogP contribution >= 0.6 is 0 Å². The van der Waals surface area contributed by atoms with Crippen molar-refractivity contribution in [3.8, 4) is 11.3 Å². The first kappa shape index (κ1) is 20.5. The molecule has 7 heteroatoms. The van der Waals surface area contributed by atoms with Gasteiger partial charge in [-0.05, 0) is 36.2 Å². The molecule has 4 nitrogen and oxygen atoms in total. The molecule has 0 saturated carbocycles. The van der Waals surface area contributed by atoms with Crippen molar-refractivity contribution < 1.29 is 13.2 Å². The number of nitrogens with zero attached hydrogens (tertiary/aromatic N) is 2. The molecule has 1 aromatic heterocycles. The van der Waals surface area contributed by atoms with Crippen molar-refractivity contribution in [2.45, 2.75) is 19.6 Å². The van der Waals surface area contributed by atoms with Crippen LogP contribution in [0.15, 0.2) is 59.4 Å². The lowest BCUT2D eigenvalue weighted by Gasteiger charge is -2.19. The summed E-state index contributed by atoms with van der Waals surface area (Å²) in [7, 11) is 3.74. The Balaban J connectivity index is 2.21. The predicted octanol–water partition coefficient (Wildman–Crippen LogP) is 4.54. The highest BCUT2D eigenvalue weighted by atomic mass is 19.4. The second-order valence-electron chi connectivity index (χ2n) is 7.17. The highest BCUT2D eigenvalue weighted by Gasteiger charge is 2.35. The highest BCUT2D eigenvalue weighted by molar-refractivity contribution is 5.67. The van der Waals surface area contributed by atoms with Gasteiger partial charge in [0.05, 0.1) is 17.8 Å². The van der Waals surface area contributed by atoms with Crippen molar-refractivity contribution in [1.82, 2.24) is 4.57 Å². The van der Waals surface area contributed by atoms with Crippen LogP contribution in [0.3, 0.4) is 0 Å². The summed E-state index contributed by atoms with van der Waals surface area (Å²) in [5.41, 5.74) is 6.25. The van der Waals surface area contributed by atoms with Gasteiger partial charge in [0.1, 0.15) is 5.69 Å². The lowest BCUT2D eigenvalue weighted by atomic mass is 10.1. The lowest BCUT2D eigenvalue weighted by Crippen LogP contribution is -2.28. The van der Waals surface area contributed by atoms with Crippen LogP contribution < -0.4 is 16.2 Å². The first-order valence-electron chi connectivity index (χ1n) is 9.01. The maximum absolute atomic E-state index is 13.5. The van der Waals surface area contributed by atoms with E-state index in [1.54, 1.807) is 24.3 Å². The molecule has 0 amide bonds. The number of hydrogen-bond donors (Lipinski definition) is 1. The second-order valence-corrected chi connectivity index (χ2v) is 7.17. The zero-order valence-electron chi connectivity index (χ0n) is 16.4. The zero-order valence-corrected chi connectivity index (χ0v) is 16.4. The molecule has 0 unspecified atom stereocenters. The number of alkyl halides is 3. The Bertz CT molecular complexity index is 1070. The van der Waals surface area contributed by atoms with Crippen molar-refractivity contribution in [1.29, 1.82) is 0 Å². The minimum absolute atomic E-state index is 0.117. The average Bonchev–Trinajstić information content (AvgIpc) is 2.66. The van der Waals surface area contributed by atoms with Crippen LogP contribution in [0, 0.1) is 6.92 Å². The molecule has 0 spiro atoms. The Morgan fingerprint density at radius 3 is 2.10 bits per heavy atom. The number of benzene rings is 2. The molecule has 0 aliphatic rings. The van der Waals surface area contributed by atoms with E-state index in [0.29, 0.717) is 5.56 Å². The van der Waals surface area contributed by atoms with Gasteiger partial charge in [-0.2, -0.15) is 13.2 Å². The quantitative estimate of drug-likeness (QED) is 0.698. The number of hydrogen-bond acceptors (Lipinski definition) is 3. The SMILES string of the molecule is Cc1ccc(Cn2c(-c3ccc(N(C)C)cc3)cc(C(F)(F)F)c(N)c2=O)cc1. The van der Waals surface area contributed by atoms with Gasteiger partial charge in [0.2, 0.25) is 0 Å². The third-order valence-corrected chi connectivity index (χ3v) is 4.78. The van der Waals surface area contributed by atoms with Crippen LogP contribution in [0.2, 0.25) is 0 Å². The van der Waals surface area contributed by atoms with E-state index >= 15 is 0 Å². The molecule has 3 rings (SSSR count). The summed E-state index contributed by atoms with van der Waals surface area (Å²) < 4.78 is 41.7. The molecule has 2 aromatic carbocycles. The van der Waals surface area contributed by atoms with E-state index < -0.39 is 23.0 Å². The van der Waals surface area contributed by atoms with Crippen LogP contribution in [0.1, 0.15) is 16.7 Å². The number of aromatic nitrogens is 1. The van der Waals surface area contributed by atoms with Gasteiger partial charge in [-0.15, -0.1) is 0 Å². The summed E-state index contributed by atoms with van der Waals surface area (Å²) >= 11 is 0. The van der Waals surface area contributed by atoms with E-state index in [-0.39, 0.29) is 12.2 Å². The van der Waals surface area contributed by atoms with Gasteiger partial charge in [0.15, 0.2) is 0 Å². The van der Waals surface area contributed by atoms with E-state index in [9.17, 15) is 18.0 Å². The van der Waals surface area contributed by atoms with Gasteiger partial charge >= 0.3 is 6.18 Å². The van der Waals surface area contributed by atoms with E-state index in [0.717, 1.165) is 22.9 Å². The first-order chi connectivity index (χ1) is 13.6. The Labute approximate surface area is 167 Å². The fourth-order valence-corrected chi connectivity index (χ4v) is 3.10. The van der Waals surface area contributed by atoms with E-state index in [2.05, 4.69) is 0 Å². The van der Waals surface area contributed by atoms with Gasteiger partial charge in [-0.1, -0.05) is 42.0 Å². The fourth-order valence-electron chi connectivity index (χ4n) is 3.10. The van der Waals surface area contributed by atoms with Crippen molar-refractivity contribution in [3.63, 3.8) is 0 Å². The molecule has 29 heavy (non-hydrogen) atoms. The Hall–Kier alpha value is -3.22. The van der Waals surface area contributed by atoms with Gasteiger partial charge in [0.25, 0.3) is 5.56 Å². The van der Waals surface area contributed by atoms with Crippen molar-refractivity contribution >= 4 is 11.4 Å². The molecular weight excluding hydrogens is 379 g/mol. The van der Waals surface area contributed by atoms with Crippen LogP contribution in [-0.4, -0.2) is 18.7 Å². The number of nitrogens with two attached hydrogens (primary N) is 1. The standard InChI is InChI=1S/C22H22F3N3O/c1-14-4-6-15(7-5-14)13-28-19(16-8-10-17(11-9-16)27(2)3)12-18(22(23,24)25)20(26)21(28)29/h4-12H,13,26H2,1-3H3. The first-order valence-corrected chi connectivity index (χ1v) is 9.01. The molecule has 0 fully saturated rings. The zero-order chi connectivity index (χ0) is 21.3. The second kappa shape index (κ2) is 7.66. The molecular formula is C22H22F3N3O. The number of rotatable bonds is 4. The minimum atomic E-state index is -4.72. The van der Waals surface area contributed by atoms with Crippen molar-refractivity contribution in [3.05, 3.63) is 81.6 Å². The van der Waals surface area contributed by atoms with Gasteiger partial charge in [-0.25, -0.2) is 0 Å². The summed E-state index contributed by atoms with van der Waals surface area (Å²) in [5, 5.41) is 0. The summed E-state index contributed by atoms with van der Waals surface area (Å²) in [6.07, 6.45) is -4.72. The van der Waals surface area contributed by atoms with Crippen LogP contribution in [-0.2, 0) is 12.7 Å². The number of aryl methyl sites for hydroxylation is 1. The Morgan fingerprint density at radius 2 is 1.59 bits per heavy atom. The number of halogens is 3. The lowest BCUT2D eigenvalue weighted by molar-refractivity contribution is -0.137. The molecule has 152 valence electrons. The highest BCUT2D eigenvalue weighted by Crippen LogP contribution is 2.35. The largest absolute Gasteiger partial charge is 0.418 e. The smallest absolute Gasteiger partial charge is 0.394 e. The molecule has 2 N–H and O–H groups in total. The van der Waals surface area contributed by atoms with E-state index in [4.69, 9.17) is 5.73 Å². The normalized spacial score (nSPS) is 11.5. The van der Waals surface area contributed by atoms with Gasteiger partial charge in [0, 0.05) is 19.8 Å². The average molecular weight is 401 g/mol. The minimum Gasteiger partial charge on any atom is -0.394 e. The topological polar surface area (TPSA) is 51.3 Å². The number of anilines is 2. The van der Waals surface area contributed by atoms with Gasteiger partial charge < -0.3 is 15.2 Å². The van der Waals surface area contributed by atoms with Crippen molar-refractivity contribution in [2.75, 3.05) is 24.7 Å². The molecule has 0 bridgehead atoms. The molecule has 0 saturated heterocycles. The molecule has 0 radical (unpaired) electrons. The summed E-state index contributed by atoms with van der Waals surface area (Å²) in [6.45, 7) is 2.05. The number of nitrogen functional groups attached to an aromatic ring is 1. The predicted molar refractivity (Wildman–Crippen MR) is 110 cm³/mol. The maximum atomic E-state index is 13.5. The maximum Gasteiger partial charge on any atom is 0.418 e. The van der Waals surface area contributed by atoms with Gasteiger partial charge in [-0.3, -0.25) is 4.79 Å². The Kier molecular flexibility index (Phi) is 5.42. The molecule has 0 aliphatic carbocycles. The molecule has 1 heterocycles. The van der Waals surface area contributed by atoms with E-state index in [1.165, 1.54) is 4.57 Å². The molecule has 0 aliphatic heterocycles. The molecule has 0 atom stereocenters. The third kappa shape index (κ3) is 4.29. The summed E-state index contributed by atoms with van der Waals surface area (Å²) in [6, 6.07) is 15.4. The Morgan fingerprint density at radius 1 is 1.00 bits per heavy atom.